The second-order valence-corrected chi connectivity index (χ2v) is 6.51. The Bertz CT molecular complexity index is 683. The lowest BCUT2D eigenvalue weighted by molar-refractivity contribution is -0.385. The van der Waals surface area contributed by atoms with Crippen LogP contribution in [0.15, 0.2) is 12.1 Å². The van der Waals surface area contributed by atoms with Gasteiger partial charge in [0.2, 0.25) is 0 Å². The minimum atomic E-state index is -0.561. The molecule has 0 aliphatic carbocycles. The highest BCUT2D eigenvalue weighted by Gasteiger charge is 2.40. The Hall–Kier alpha value is -2.39. The summed E-state index contributed by atoms with van der Waals surface area (Å²) in [4.78, 5) is 25.6. The number of rotatable bonds is 7. The van der Waals surface area contributed by atoms with E-state index >= 15 is 0 Å². The van der Waals surface area contributed by atoms with Crippen LogP contribution < -0.4 is 14.8 Å². The molecule has 0 unspecified atom stereocenters. The van der Waals surface area contributed by atoms with Crippen molar-refractivity contribution >= 4 is 11.6 Å². The van der Waals surface area contributed by atoms with Gasteiger partial charge in [-0.2, -0.15) is 0 Å². The summed E-state index contributed by atoms with van der Waals surface area (Å²) < 4.78 is 15.7. The van der Waals surface area contributed by atoms with Gasteiger partial charge in [-0.25, -0.2) is 0 Å². The third-order valence-electron chi connectivity index (χ3n) is 4.93. The number of carbonyl (C=O) groups excluding carboxylic acids is 1. The summed E-state index contributed by atoms with van der Waals surface area (Å²) >= 11 is 0. The van der Waals surface area contributed by atoms with Crippen LogP contribution in [0, 0.1) is 22.0 Å². The maximum atomic E-state index is 12.9. The highest BCUT2D eigenvalue weighted by Crippen LogP contribution is 2.36. The number of benzene rings is 1. The molecular formula is C17H23N3O6. The number of likely N-dealkylation sites (tertiary alicyclic amines) is 1. The van der Waals surface area contributed by atoms with E-state index in [4.69, 9.17) is 14.2 Å². The minimum Gasteiger partial charge on any atom is -0.493 e. The van der Waals surface area contributed by atoms with E-state index in [1.54, 1.807) is 4.90 Å². The predicted molar refractivity (Wildman–Crippen MR) is 92.8 cm³/mol. The van der Waals surface area contributed by atoms with Crippen LogP contribution >= 0.6 is 0 Å². The molecule has 2 aliphatic heterocycles. The summed E-state index contributed by atoms with van der Waals surface area (Å²) in [5, 5.41) is 14.8. The Kier molecular flexibility index (Phi) is 5.58. The number of nitrogens with one attached hydrogen (secondary N) is 1. The smallest absolute Gasteiger partial charge is 0.286 e. The van der Waals surface area contributed by atoms with E-state index in [-0.39, 0.29) is 35.3 Å². The molecule has 0 saturated carbocycles. The van der Waals surface area contributed by atoms with Crippen LogP contribution in [0.1, 0.15) is 10.4 Å². The fourth-order valence-corrected chi connectivity index (χ4v) is 3.57. The zero-order chi connectivity index (χ0) is 18.7. The van der Waals surface area contributed by atoms with Gasteiger partial charge in [-0.3, -0.25) is 14.9 Å². The van der Waals surface area contributed by atoms with Crippen LogP contribution in [0.2, 0.25) is 0 Å². The second-order valence-electron chi connectivity index (χ2n) is 6.51. The molecule has 2 aliphatic rings. The van der Waals surface area contributed by atoms with Gasteiger partial charge in [0.25, 0.3) is 11.6 Å². The fraction of sp³-hybridized carbons (Fsp3) is 0.588. The Balaban J connectivity index is 1.87. The van der Waals surface area contributed by atoms with Crippen molar-refractivity contribution in [3.8, 4) is 11.5 Å². The molecule has 0 aromatic heterocycles. The van der Waals surface area contributed by atoms with Gasteiger partial charge in [-0.05, 0) is 11.8 Å². The number of nitro benzene ring substituents is 1. The van der Waals surface area contributed by atoms with Gasteiger partial charge in [-0.15, -0.1) is 0 Å². The SMILES string of the molecule is COCCOc1cc([N+](=O)[O-])c(C(=O)N2C[C@H]3CNC[C@H]3C2)cc1OC. The largest absolute Gasteiger partial charge is 0.493 e. The Morgan fingerprint density at radius 3 is 2.50 bits per heavy atom. The number of nitrogens with zero attached hydrogens (tertiary/aromatic N) is 2. The number of hydrogen-bond acceptors (Lipinski definition) is 7. The number of nitro groups is 1. The monoisotopic (exact) mass is 365 g/mol. The van der Waals surface area contributed by atoms with E-state index in [0.717, 1.165) is 13.1 Å². The van der Waals surface area contributed by atoms with Crippen molar-refractivity contribution in [1.29, 1.82) is 0 Å². The molecule has 2 atom stereocenters. The van der Waals surface area contributed by atoms with Gasteiger partial charge < -0.3 is 24.4 Å². The maximum absolute atomic E-state index is 12.9. The number of ether oxygens (including phenoxy) is 3. The molecular weight excluding hydrogens is 342 g/mol. The van der Waals surface area contributed by atoms with Crippen LogP contribution in [0.4, 0.5) is 5.69 Å². The fourth-order valence-electron chi connectivity index (χ4n) is 3.57. The van der Waals surface area contributed by atoms with Gasteiger partial charge >= 0.3 is 0 Å². The summed E-state index contributed by atoms with van der Waals surface area (Å²) in [6.45, 7) is 3.55. The van der Waals surface area contributed by atoms with Crippen LogP contribution in [0.3, 0.4) is 0 Å². The number of amides is 1. The summed E-state index contributed by atoms with van der Waals surface area (Å²) in [5.74, 6) is 0.993. The van der Waals surface area contributed by atoms with Crippen molar-refractivity contribution in [1.82, 2.24) is 10.2 Å². The Morgan fingerprint density at radius 2 is 1.92 bits per heavy atom. The highest BCUT2D eigenvalue weighted by molar-refractivity contribution is 5.99. The van der Waals surface area contributed by atoms with Gasteiger partial charge in [0.05, 0.1) is 24.7 Å². The molecule has 1 aromatic rings. The van der Waals surface area contributed by atoms with Crippen molar-refractivity contribution < 1.29 is 23.9 Å². The molecule has 26 heavy (non-hydrogen) atoms. The first-order chi connectivity index (χ1) is 12.5. The second kappa shape index (κ2) is 7.88. The predicted octanol–water partition coefficient (Wildman–Crippen LogP) is 0.920. The van der Waals surface area contributed by atoms with Crippen molar-refractivity contribution in [2.45, 2.75) is 0 Å². The minimum absolute atomic E-state index is 0.0267. The van der Waals surface area contributed by atoms with Crippen molar-refractivity contribution in [3.05, 3.63) is 27.8 Å². The van der Waals surface area contributed by atoms with Gasteiger partial charge in [-0.1, -0.05) is 0 Å². The molecule has 2 saturated heterocycles. The quantitative estimate of drug-likeness (QED) is 0.435. The third kappa shape index (κ3) is 3.58. The molecule has 1 aromatic carbocycles. The average molecular weight is 365 g/mol. The highest BCUT2D eigenvalue weighted by atomic mass is 16.6. The lowest BCUT2D eigenvalue weighted by atomic mass is 10.0. The molecule has 142 valence electrons. The number of hydrogen-bond donors (Lipinski definition) is 1. The number of fused-ring (bicyclic) bond motifs is 1. The van der Waals surface area contributed by atoms with Crippen LogP contribution in [0.5, 0.6) is 11.5 Å². The first-order valence-electron chi connectivity index (χ1n) is 8.53. The lowest BCUT2D eigenvalue weighted by Gasteiger charge is -2.19. The van der Waals surface area contributed by atoms with Gasteiger partial charge in [0.15, 0.2) is 11.5 Å². The van der Waals surface area contributed by atoms with E-state index in [1.165, 1.54) is 26.4 Å². The van der Waals surface area contributed by atoms with E-state index in [0.29, 0.717) is 31.5 Å². The standard InChI is InChI=1S/C17H23N3O6/c1-24-3-4-26-16-6-14(20(22)23)13(5-15(16)25-2)17(21)19-9-11-7-18-8-12(11)10-19/h5-6,11-12,18H,3-4,7-10H2,1-2H3/t11-,12+. The molecule has 1 N–H and O–H groups in total. The van der Waals surface area contributed by atoms with Crippen LogP contribution in [0.25, 0.3) is 0 Å². The molecule has 2 fully saturated rings. The summed E-state index contributed by atoms with van der Waals surface area (Å²) in [6.07, 6.45) is 0. The van der Waals surface area contributed by atoms with Crippen LogP contribution in [-0.2, 0) is 4.74 Å². The number of carbonyl (C=O) groups is 1. The molecule has 9 heteroatoms. The normalized spacial score (nSPS) is 21.5. The molecule has 2 heterocycles. The van der Waals surface area contributed by atoms with E-state index in [1.807, 2.05) is 0 Å². The van der Waals surface area contributed by atoms with Crippen molar-refractivity contribution in [3.63, 3.8) is 0 Å². The first kappa shape index (κ1) is 18.4. The average Bonchev–Trinajstić information content (AvgIpc) is 3.22. The molecule has 0 bridgehead atoms. The summed E-state index contributed by atoms with van der Waals surface area (Å²) in [6, 6.07) is 2.65. The summed E-state index contributed by atoms with van der Waals surface area (Å²) in [5.41, 5.74) is -0.253. The van der Waals surface area contributed by atoms with E-state index in [2.05, 4.69) is 5.32 Å². The maximum Gasteiger partial charge on any atom is 0.286 e. The molecule has 0 radical (unpaired) electrons. The van der Waals surface area contributed by atoms with Gasteiger partial charge in [0.1, 0.15) is 12.2 Å². The topological polar surface area (TPSA) is 103 Å². The zero-order valence-electron chi connectivity index (χ0n) is 14.9. The van der Waals surface area contributed by atoms with Crippen molar-refractivity contribution in [2.75, 3.05) is 53.6 Å². The molecule has 9 nitrogen and oxygen atoms in total. The third-order valence-corrected chi connectivity index (χ3v) is 4.93. The van der Waals surface area contributed by atoms with E-state index in [9.17, 15) is 14.9 Å². The first-order valence-corrected chi connectivity index (χ1v) is 8.53. The van der Waals surface area contributed by atoms with Gasteiger partial charge in [0, 0.05) is 39.4 Å². The van der Waals surface area contributed by atoms with Crippen LogP contribution in [-0.4, -0.2) is 69.3 Å². The molecule has 1 amide bonds. The molecule has 3 rings (SSSR count). The Labute approximate surface area is 151 Å². The lowest BCUT2D eigenvalue weighted by Crippen LogP contribution is -2.32. The number of methoxy groups -OCH3 is 2. The zero-order valence-corrected chi connectivity index (χ0v) is 14.9. The van der Waals surface area contributed by atoms with Crippen molar-refractivity contribution in [2.24, 2.45) is 11.8 Å². The Morgan fingerprint density at radius 1 is 1.23 bits per heavy atom. The van der Waals surface area contributed by atoms with E-state index < -0.39 is 4.92 Å². The summed E-state index contributed by atoms with van der Waals surface area (Å²) in [7, 11) is 2.97. The molecule has 0 spiro atoms.